The third-order valence-electron chi connectivity index (χ3n) is 5.61. The van der Waals surface area contributed by atoms with Crippen molar-refractivity contribution in [3.63, 3.8) is 0 Å². The highest BCUT2D eigenvalue weighted by Crippen LogP contribution is 2.43. The van der Waals surface area contributed by atoms with E-state index in [0.717, 1.165) is 46.2 Å². The quantitative estimate of drug-likeness (QED) is 0.655. The Morgan fingerprint density at radius 3 is 2.69 bits per heavy atom. The summed E-state index contributed by atoms with van der Waals surface area (Å²) < 4.78 is 6.68. The topological polar surface area (TPSA) is 68.0 Å². The first-order valence-electron chi connectivity index (χ1n) is 10.1. The van der Waals surface area contributed by atoms with Crippen LogP contribution in [-0.4, -0.2) is 22.1 Å². The summed E-state index contributed by atoms with van der Waals surface area (Å²) in [4.78, 5) is 25.3. The fourth-order valence-corrected chi connectivity index (χ4v) is 3.94. The molecule has 0 amide bonds. The molecule has 0 spiro atoms. The van der Waals surface area contributed by atoms with Crippen molar-refractivity contribution in [2.45, 2.75) is 45.6 Å². The smallest absolute Gasteiger partial charge is 0.343 e. The van der Waals surface area contributed by atoms with Gasteiger partial charge < -0.3 is 9.84 Å². The third-order valence-corrected chi connectivity index (χ3v) is 5.61. The number of carbonyl (C=O) groups excluding carboxylic acids is 1. The van der Waals surface area contributed by atoms with Crippen LogP contribution in [-0.2, 0) is 4.74 Å². The Bertz CT molecular complexity index is 1160. The predicted octanol–water partition coefficient (Wildman–Crippen LogP) is 4.38. The van der Waals surface area contributed by atoms with Crippen LogP contribution in [0, 0.1) is 6.92 Å². The van der Waals surface area contributed by atoms with Crippen LogP contribution in [0.3, 0.4) is 0 Å². The van der Waals surface area contributed by atoms with Gasteiger partial charge in [0.2, 0.25) is 0 Å². The third kappa shape index (κ3) is 3.47. The van der Waals surface area contributed by atoms with E-state index in [0.29, 0.717) is 5.92 Å². The van der Waals surface area contributed by atoms with Crippen LogP contribution in [0.5, 0.6) is 0 Å². The number of hydrogen-bond acceptors (Lipinski definition) is 4. The molecule has 0 saturated heterocycles. The number of benzene rings is 1. The molecule has 1 unspecified atom stereocenters. The second kappa shape index (κ2) is 7.48. The van der Waals surface area contributed by atoms with Crippen molar-refractivity contribution in [3.05, 3.63) is 75.2 Å². The van der Waals surface area contributed by atoms with Crippen LogP contribution >= 0.6 is 0 Å². The molecule has 29 heavy (non-hydrogen) atoms. The molecule has 1 saturated carbocycles. The zero-order valence-electron chi connectivity index (χ0n) is 16.9. The number of nitrogens with zero attached hydrogens (tertiary/aromatic N) is 1. The average molecular weight is 391 g/mol. The number of aliphatic hydroxyl groups is 1. The summed E-state index contributed by atoms with van der Waals surface area (Å²) in [5.74, 6) is -0.211. The molecule has 4 rings (SSSR count). The minimum absolute atomic E-state index is 0.0921. The van der Waals surface area contributed by atoms with Gasteiger partial charge in [0.05, 0.1) is 18.2 Å². The van der Waals surface area contributed by atoms with Gasteiger partial charge in [0, 0.05) is 6.20 Å². The van der Waals surface area contributed by atoms with Gasteiger partial charge in [0.15, 0.2) is 0 Å². The Morgan fingerprint density at radius 2 is 2.03 bits per heavy atom. The highest BCUT2D eigenvalue weighted by atomic mass is 16.5. The molecule has 1 aromatic carbocycles. The minimum atomic E-state index is -0.569. The number of pyridine rings is 2. The summed E-state index contributed by atoms with van der Waals surface area (Å²) in [6.45, 7) is 5.72. The Balaban J connectivity index is 1.96. The molecule has 0 bridgehead atoms. The SMILES string of the molecule is CCOC(=O)c1cc(C2CC2)c2c(C)c(-c3cccc(C(C)O)c3)ccn2c1=O. The number of aliphatic hydroxyl groups excluding tert-OH is 1. The normalized spacial score (nSPS) is 14.8. The monoisotopic (exact) mass is 391 g/mol. The van der Waals surface area contributed by atoms with E-state index in [2.05, 4.69) is 0 Å². The summed E-state index contributed by atoms with van der Waals surface area (Å²) in [6.07, 6.45) is 3.30. The standard InChI is InChI=1S/C24H25NO4/c1-4-29-24(28)21-13-20(16-8-9-16)22-14(2)19(10-11-25(22)23(21)27)18-7-5-6-17(12-18)15(3)26/h5-7,10-13,15-16,26H,4,8-9H2,1-3H3. The van der Waals surface area contributed by atoms with Crippen LogP contribution < -0.4 is 5.56 Å². The van der Waals surface area contributed by atoms with Crippen molar-refractivity contribution >= 4 is 11.5 Å². The molecule has 150 valence electrons. The van der Waals surface area contributed by atoms with Crippen molar-refractivity contribution in [1.82, 2.24) is 4.40 Å². The van der Waals surface area contributed by atoms with Gasteiger partial charge in [-0.3, -0.25) is 9.20 Å². The van der Waals surface area contributed by atoms with Crippen LogP contribution in [0.1, 0.15) is 65.8 Å². The first-order valence-corrected chi connectivity index (χ1v) is 10.1. The van der Waals surface area contributed by atoms with Crippen LogP contribution in [0.4, 0.5) is 0 Å². The number of ether oxygens (including phenoxy) is 1. The van der Waals surface area contributed by atoms with Crippen LogP contribution in [0.2, 0.25) is 0 Å². The predicted molar refractivity (Wildman–Crippen MR) is 112 cm³/mol. The van der Waals surface area contributed by atoms with Crippen molar-refractivity contribution in [1.29, 1.82) is 0 Å². The van der Waals surface area contributed by atoms with E-state index in [4.69, 9.17) is 4.74 Å². The Kier molecular flexibility index (Phi) is 5.01. The maximum Gasteiger partial charge on any atom is 0.343 e. The number of fused-ring (bicyclic) bond motifs is 1. The lowest BCUT2D eigenvalue weighted by atomic mass is 9.95. The maximum atomic E-state index is 13.0. The number of esters is 1. The molecule has 0 aliphatic heterocycles. The summed E-state index contributed by atoms with van der Waals surface area (Å²) >= 11 is 0. The fraction of sp³-hybridized carbons (Fsp3) is 0.333. The zero-order chi connectivity index (χ0) is 20.7. The highest BCUT2D eigenvalue weighted by Gasteiger charge is 2.29. The van der Waals surface area contributed by atoms with Crippen molar-refractivity contribution in [3.8, 4) is 11.1 Å². The van der Waals surface area contributed by atoms with Crippen LogP contribution in [0.25, 0.3) is 16.6 Å². The number of rotatable bonds is 5. The lowest BCUT2D eigenvalue weighted by molar-refractivity contribution is 0.0524. The fourth-order valence-electron chi connectivity index (χ4n) is 3.94. The average Bonchev–Trinajstić information content (AvgIpc) is 3.54. The van der Waals surface area contributed by atoms with E-state index < -0.39 is 12.1 Å². The molecule has 5 heteroatoms. The summed E-state index contributed by atoms with van der Waals surface area (Å²) in [5.41, 5.74) is 5.47. The number of aromatic nitrogens is 1. The Labute approximate surface area is 169 Å². The summed E-state index contributed by atoms with van der Waals surface area (Å²) in [7, 11) is 0. The lowest BCUT2D eigenvalue weighted by Gasteiger charge is -2.16. The Morgan fingerprint density at radius 1 is 1.28 bits per heavy atom. The van der Waals surface area contributed by atoms with Crippen molar-refractivity contribution in [2.75, 3.05) is 6.61 Å². The molecule has 1 N–H and O–H groups in total. The van der Waals surface area contributed by atoms with E-state index in [1.54, 1.807) is 30.5 Å². The first-order chi connectivity index (χ1) is 13.9. The molecule has 1 fully saturated rings. The second-order valence-electron chi connectivity index (χ2n) is 7.69. The maximum absolute atomic E-state index is 13.0. The van der Waals surface area contributed by atoms with Gasteiger partial charge >= 0.3 is 5.97 Å². The van der Waals surface area contributed by atoms with Gasteiger partial charge in [-0.2, -0.15) is 0 Å². The molecule has 3 aromatic rings. The second-order valence-corrected chi connectivity index (χ2v) is 7.69. The molecule has 1 atom stereocenters. The molecule has 0 radical (unpaired) electrons. The van der Waals surface area contributed by atoms with E-state index in [1.807, 2.05) is 37.3 Å². The molecule has 1 aliphatic rings. The van der Waals surface area contributed by atoms with Gasteiger partial charge in [-0.1, -0.05) is 18.2 Å². The highest BCUT2D eigenvalue weighted by molar-refractivity contribution is 5.91. The van der Waals surface area contributed by atoms with Gasteiger partial charge in [-0.25, -0.2) is 4.79 Å². The molecular formula is C24H25NO4. The lowest BCUT2D eigenvalue weighted by Crippen LogP contribution is -2.25. The number of hydrogen-bond donors (Lipinski definition) is 1. The molecule has 2 aromatic heterocycles. The first kappa shape index (κ1) is 19.4. The molecule has 1 aliphatic carbocycles. The number of aryl methyl sites for hydroxylation is 1. The van der Waals surface area contributed by atoms with Gasteiger partial charge in [0.1, 0.15) is 5.56 Å². The van der Waals surface area contributed by atoms with Gasteiger partial charge in [0.25, 0.3) is 5.56 Å². The van der Waals surface area contributed by atoms with E-state index in [1.165, 1.54) is 0 Å². The molecule has 5 nitrogen and oxygen atoms in total. The van der Waals surface area contributed by atoms with Crippen LogP contribution in [0.15, 0.2) is 47.4 Å². The Hall–Kier alpha value is -2.92. The molecular weight excluding hydrogens is 366 g/mol. The molecule has 2 heterocycles. The largest absolute Gasteiger partial charge is 0.462 e. The summed E-state index contributed by atoms with van der Waals surface area (Å²) in [5, 5.41) is 9.93. The van der Waals surface area contributed by atoms with Gasteiger partial charge in [-0.05, 0) is 85.5 Å². The van der Waals surface area contributed by atoms with Gasteiger partial charge in [-0.15, -0.1) is 0 Å². The van der Waals surface area contributed by atoms with Crippen molar-refractivity contribution < 1.29 is 14.6 Å². The van der Waals surface area contributed by atoms with E-state index in [-0.39, 0.29) is 17.7 Å². The number of carbonyl (C=O) groups is 1. The minimum Gasteiger partial charge on any atom is -0.462 e. The van der Waals surface area contributed by atoms with E-state index >= 15 is 0 Å². The van der Waals surface area contributed by atoms with E-state index in [9.17, 15) is 14.7 Å². The van der Waals surface area contributed by atoms with Crippen molar-refractivity contribution in [2.24, 2.45) is 0 Å². The zero-order valence-corrected chi connectivity index (χ0v) is 16.9. The summed E-state index contributed by atoms with van der Waals surface area (Å²) in [6, 6.07) is 11.4.